The van der Waals surface area contributed by atoms with Gasteiger partial charge in [-0.1, -0.05) is 0 Å². The van der Waals surface area contributed by atoms with E-state index in [1.54, 1.807) is 0 Å². The molecule has 0 heterocycles. The van der Waals surface area contributed by atoms with Crippen molar-refractivity contribution in [1.29, 1.82) is 0 Å². The van der Waals surface area contributed by atoms with E-state index >= 15 is 0 Å². The van der Waals surface area contributed by atoms with Crippen LogP contribution in [0, 0.1) is 5.92 Å². The van der Waals surface area contributed by atoms with Gasteiger partial charge in [-0.15, -0.1) is 11.6 Å². The second-order valence-electron chi connectivity index (χ2n) is 1.95. The molecular weight excluding hydrogens is 180 g/mol. The minimum absolute atomic E-state index is 0.0241. The molecule has 0 aromatic carbocycles. The Balaban J connectivity index is 3.87. The summed E-state index contributed by atoms with van der Waals surface area (Å²) in [4.78, 5) is 0. The van der Waals surface area contributed by atoms with Crippen molar-refractivity contribution in [3.8, 4) is 0 Å². The molecule has 0 spiro atoms. The van der Waals surface area contributed by atoms with Gasteiger partial charge in [-0.25, -0.2) is 0 Å². The van der Waals surface area contributed by atoms with Crippen LogP contribution < -0.4 is 0 Å². The van der Waals surface area contributed by atoms with Gasteiger partial charge in [0, 0.05) is 18.4 Å². The lowest BCUT2D eigenvalue weighted by molar-refractivity contribution is 0.249. The van der Waals surface area contributed by atoms with Crippen LogP contribution in [0.5, 0.6) is 0 Å². The second kappa shape index (κ2) is 4.12. The van der Waals surface area contributed by atoms with E-state index in [1.807, 2.05) is 0 Å². The van der Waals surface area contributed by atoms with Crippen LogP contribution in [0.2, 0.25) is 0 Å². The first-order valence-corrected chi connectivity index (χ1v) is 4.76. The van der Waals surface area contributed by atoms with Crippen LogP contribution in [-0.4, -0.2) is 36.3 Å². The Morgan fingerprint density at radius 2 is 2.00 bits per heavy atom. The summed E-state index contributed by atoms with van der Waals surface area (Å²) in [7, 11) is -3.99. The van der Waals surface area contributed by atoms with Gasteiger partial charge in [-0.2, -0.15) is 8.42 Å². The molecule has 0 aromatic rings. The molecule has 0 amide bonds. The smallest absolute Gasteiger partial charge is 0.265 e. The molecule has 4 nitrogen and oxygen atoms in total. The highest BCUT2D eigenvalue weighted by atomic mass is 35.5. The Morgan fingerprint density at radius 1 is 1.50 bits per heavy atom. The van der Waals surface area contributed by atoms with Gasteiger partial charge < -0.3 is 5.11 Å². The minimum Gasteiger partial charge on any atom is -0.396 e. The molecule has 2 N–H and O–H groups in total. The fraction of sp³-hybridized carbons (Fsp3) is 1.00. The van der Waals surface area contributed by atoms with E-state index in [0.29, 0.717) is 0 Å². The van der Waals surface area contributed by atoms with Crippen molar-refractivity contribution in [1.82, 2.24) is 0 Å². The molecule has 0 aliphatic rings. The second-order valence-corrected chi connectivity index (χ2v) is 3.76. The van der Waals surface area contributed by atoms with E-state index < -0.39 is 21.8 Å². The summed E-state index contributed by atoms with van der Waals surface area (Å²) < 4.78 is 28.5. The number of hydrogen-bond donors (Lipinski definition) is 2. The van der Waals surface area contributed by atoms with Crippen LogP contribution in [0.1, 0.15) is 0 Å². The van der Waals surface area contributed by atoms with Crippen molar-refractivity contribution in [2.45, 2.75) is 0 Å². The van der Waals surface area contributed by atoms with Crippen molar-refractivity contribution < 1.29 is 18.1 Å². The number of halogens is 1. The number of aliphatic hydroxyl groups is 1. The van der Waals surface area contributed by atoms with Crippen molar-refractivity contribution in [2.75, 3.05) is 18.2 Å². The van der Waals surface area contributed by atoms with Crippen molar-refractivity contribution in [2.24, 2.45) is 5.92 Å². The zero-order valence-electron chi connectivity index (χ0n) is 5.20. The molecule has 0 fully saturated rings. The van der Waals surface area contributed by atoms with E-state index in [-0.39, 0.29) is 12.5 Å². The molecule has 0 saturated carbocycles. The van der Waals surface area contributed by atoms with Gasteiger partial charge >= 0.3 is 0 Å². The molecule has 1 atom stereocenters. The molecule has 1 unspecified atom stereocenters. The van der Waals surface area contributed by atoms with Gasteiger partial charge in [0.15, 0.2) is 0 Å². The van der Waals surface area contributed by atoms with Crippen molar-refractivity contribution >= 4 is 21.7 Å². The highest BCUT2D eigenvalue weighted by Gasteiger charge is 2.14. The number of hydrogen-bond acceptors (Lipinski definition) is 3. The normalized spacial score (nSPS) is 15.1. The van der Waals surface area contributed by atoms with Crippen molar-refractivity contribution in [3.63, 3.8) is 0 Å². The number of aliphatic hydroxyl groups excluding tert-OH is 1. The summed E-state index contributed by atoms with van der Waals surface area (Å²) in [5.41, 5.74) is 0. The third-order valence-electron chi connectivity index (χ3n) is 0.923. The highest BCUT2D eigenvalue weighted by molar-refractivity contribution is 7.85. The largest absolute Gasteiger partial charge is 0.396 e. The maximum Gasteiger partial charge on any atom is 0.265 e. The summed E-state index contributed by atoms with van der Waals surface area (Å²) in [6.45, 7) is -0.330. The van der Waals surface area contributed by atoms with Crippen molar-refractivity contribution in [3.05, 3.63) is 0 Å². The van der Waals surface area contributed by atoms with Crippen LogP contribution >= 0.6 is 11.6 Å². The Labute approximate surface area is 64.6 Å². The van der Waals surface area contributed by atoms with E-state index in [0.717, 1.165) is 0 Å². The first kappa shape index (κ1) is 10.2. The fourth-order valence-electron chi connectivity index (χ4n) is 0.444. The molecule has 0 bridgehead atoms. The van der Waals surface area contributed by atoms with Gasteiger partial charge in [-0.05, 0) is 0 Å². The summed E-state index contributed by atoms with van der Waals surface area (Å²) in [6, 6.07) is 0. The third-order valence-corrected chi connectivity index (χ3v) is 2.25. The number of rotatable bonds is 4. The standard InChI is InChI=1S/C4H9ClO4S/c5-1-4(2-6)3-10(7,8)9/h4,6H,1-3H2,(H,7,8,9). The van der Waals surface area contributed by atoms with Gasteiger partial charge in [0.05, 0.1) is 5.75 Å². The van der Waals surface area contributed by atoms with Crippen LogP contribution in [0.4, 0.5) is 0 Å². The summed E-state index contributed by atoms with van der Waals surface area (Å²) >= 11 is 5.24. The zero-order chi connectivity index (χ0) is 8.20. The average molecular weight is 189 g/mol. The summed E-state index contributed by atoms with van der Waals surface area (Å²) in [5.74, 6) is -1.03. The SMILES string of the molecule is O=S(=O)(O)CC(CO)CCl. The van der Waals surface area contributed by atoms with Crippen LogP contribution in [0.3, 0.4) is 0 Å². The van der Waals surface area contributed by atoms with Gasteiger partial charge in [0.1, 0.15) is 0 Å². The van der Waals surface area contributed by atoms with E-state index in [9.17, 15) is 8.42 Å². The van der Waals surface area contributed by atoms with E-state index in [1.165, 1.54) is 0 Å². The average Bonchev–Trinajstić information content (AvgIpc) is 1.81. The first-order valence-electron chi connectivity index (χ1n) is 2.61. The maximum absolute atomic E-state index is 10.1. The Hall–Kier alpha value is 0.160. The van der Waals surface area contributed by atoms with E-state index in [4.69, 9.17) is 21.3 Å². The van der Waals surface area contributed by atoms with Crippen LogP contribution in [0.15, 0.2) is 0 Å². The molecule has 6 heteroatoms. The van der Waals surface area contributed by atoms with Gasteiger partial charge in [0.25, 0.3) is 10.1 Å². The number of alkyl halides is 1. The van der Waals surface area contributed by atoms with E-state index in [2.05, 4.69) is 0 Å². The third kappa shape index (κ3) is 4.99. The maximum atomic E-state index is 10.1. The molecule has 0 radical (unpaired) electrons. The molecule has 0 aliphatic carbocycles. The lowest BCUT2D eigenvalue weighted by Crippen LogP contribution is -2.19. The molecular formula is C4H9ClO4S. The molecule has 10 heavy (non-hydrogen) atoms. The van der Waals surface area contributed by atoms with Crippen LogP contribution in [0.25, 0.3) is 0 Å². The molecule has 0 saturated heterocycles. The molecule has 0 aromatic heterocycles. The van der Waals surface area contributed by atoms with Crippen LogP contribution in [-0.2, 0) is 10.1 Å². The Bertz CT molecular complexity index is 172. The Kier molecular flexibility index (Phi) is 4.19. The minimum atomic E-state index is -3.99. The lowest BCUT2D eigenvalue weighted by atomic mass is 10.2. The summed E-state index contributed by atoms with van der Waals surface area (Å²) in [6.07, 6.45) is 0. The fourth-order valence-corrected chi connectivity index (χ4v) is 1.60. The summed E-state index contributed by atoms with van der Waals surface area (Å²) in [5, 5.41) is 8.43. The highest BCUT2D eigenvalue weighted by Crippen LogP contribution is 2.01. The first-order chi connectivity index (χ1) is 4.49. The van der Waals surface area contributed by atoms with Gasteiger partial charge in [-0.3, -0.25) is 4.55 Å². The zero-order valence-corrected chi connectivity index (χ0v) is 6.77. The molecule has 0 aliphatic heterocycles. The molecule has 0 rings (SSSR count). The monoisotopic (exact) mass is 188 g/mol. The predicted molar refractivity (Wildman–Crippen MR) is 37.7 cm³/mol. The quantitative estimate of drug-likeness (QED) is 0.470. The Morgan fingerprint density at radius 3 is 2.10 bits per heavy atom. The lowest BCUT2D eigenvalue weighted by Gasteiger charge is -2.05. The predicted octanol–water partition coefficient (Wildman–Crippen LogP) is -0.278. The molecule has 62 valence electrons. The topological polar surface area (TPSA) is 74.6 Å². The van der Waals surface area contributed by atoms with Gasteiger partial charge in [0.2, 0.25) is 0 Å².